The fraction of sp³-hybridized carbons (Fsp3) is 0.444. The lowest BCUT2D eigenvalue weighted by atomic mass is 9.90. The first-order chi connectivity index (χ1) is 24.9. The van der Waals surface area contributed by atoms with Gasteiger partial charge in [-0.05, 0) is 77.4 Å². The summed E-state index contributed by atoms with van der Waals surface area (Å²) in [7, 11) is 4.04. The second kappa shape index (κ2) is 12.9. The number of nitrogens with zero attached hydrogens (tertiary/aromatic N) is 7. The molecule has 52 heavy (non-hydrogen) atoms. The van der Waals surface area contributed by atoms with Gasteiger partial charge in [-0.2, -0.15) is 15.3 Å². The summed E-state index contributed by atoms with van der Waals surface area (Å²) in [5.74, 6) is 1.05. The molecule has 1 atom stereocenters. The van der Waals surface area contributed by atoms with E-state index >= 15 is 8.78 Å². The van der Waals surface area contributed by atoms with Crippen LogP contribution in [0.5, 0.6) is 0 Å². The Morgan fingerprint density at radius 3 is 2.63 bits per heavy atom. The molecule has 3 aliphatic rings. The van der Waals surface area contributed by atoms with Gasteiger partial charge in [-0.25, -0.2) is 23.5 Å². The number of anilines is 3. The molecule has 0 spiro atoms. The van der Waals surface area contributed by atoms with E-state index in [2.05, 4.69) is 36.8 Å². The molecule has 0 unspecified atom stereocenters. The number of aromatic amines is 1. The Morgan fingerprint density at radius 2 is 1.92 bits per heavy atom. The first kappa shape index (κ1) is 34.1. The number of likely N-dealkylation sites (N-methyl/N-ethyl adjacent to an activating group) is 1. The van der Waals surface area contributed by atoms with E-state index in [0.717, 1.165) is 36.4 Å². The molecule has 0 bridgehead atoms. The minimum Gasteiger partial charge on any atom is -0.444 e. The quantitative estimate of drug-likeness (QED) is 0.155. The molecule has 3 aromatic heterocycles. The maximum absolute atomic E-state index is 17.5. The number of H-pyrrole nitrogens is 1. The summed E-state index contributed by atoms with van der Waals surface area (Å²) >= 11 is 1.08. The maximum atomic E-state index is 17.5. The number of nitrogens with one attached hydrogen (secondary N) is 3. The number of carbonyl (C=O) groups is 1. The van der Waals surface area contributed by atoms with Crippen LogP contribution in [-0.2, 0) is 29.2 Å². The zero-order valence-corrected chi connectivity index (χ0v) is 30.3. The Labute approximate surface area is 302 Å². The Balaban J connectivity index is 1.30. The van der Waals surface area contributed by atoms with Crippen LogP contribution < -0.4 is 15.5 Å². The summed E-state index contributed by atoms with van der Waals surface area (Å²) in [4.78, 5) is 31.3. The van der Waals surface area contributed by atoms with Gasteiger partial charge in [0.25, 0.3) is 0 Å². The van der Waals surface area contributed by atoms with Crippen molar-refractivity contribution >= 4 is 55.2 Å². The number of ether oxygens (including phenoxy) is 2. The van der Waals surface area contributed by atoms with E-state index in [9.17, 15) is 10.1 Å². The van der Waals surface area contributed by atoms with Crippen LogP contribution in [-0.4, -0.2) is 75.0 Å². The molecule has 2 aliphatic heterocycles. The average molecular weight is 729 g/mol. The number of aromatic nitrogens is 5. The number of rotatable bonds is 8. The van der Waals surface area contributed by atoms with Crippen LogP contribution in [0, 0.1) is 23.0 Å². The Kier molecular flexibility index (Phi) is 8.47. The number of halogens is 2. The summed E-state index contributed by atoms with van der Waals surface area (Å²) in [5, 5.41) is 24.5. The molecule has 13 nitrogen and oxygen atoms in total. The molecule has 1 saturated heterocycles. The fourth-order valence-electron chi connectivity index (χ4n) is 6.98. The highest BCUT2D eigenvalue weighted by Crippen LogP contribution is 2.48. The molecule has 1 saturated carbocycles. The van der Waals surface area contributed by atoms with Crippen molar-refractivity contribution in [3.05, 3.63) is 52.1 Å². The van der Waals surface area contributed by atoms with Gasteiger partial charge in [0.05, 0.1) is 30.7 Å². The van der Waals surface area contributed by atoms with Crippen LogP contribution in [0.1, 0.15) is 74.3 Å². The average Bonchev–Trinajstić information content (AvgIpc) is 3.48. The topological polar surface area (TPSA) is 157 Å². The number of nitriles is 1. The zero-order chi connectivity index (χ0) is 36.5. The number of amides is 1. The van der Waals surface area contributed by atoms with Gasteiger partial charge in [0.15, 0.2) is 11.6 Å². The Morgan fingerprint density at radius 1 is 1.13 bits per heavy atom. The molecule has 5 heterocycles. The van der Waals surface area contributed by atoms with E-state index in [1.54, 1.807) is 20.8 Å². The Bertz CT molecular complexity index is 2290. The van der Waals surface area contributed by atoms with E-state index in [-0.39, 0.29) is 58.4 Å². The van der Waals surface area contributed by atoms with Crippen molar-refractivity contribution in [1.29, 1.82) is 5.26 Å². The van der Waals surface area contributed by atoms with Gasteiger partial charge in [0, 0.05) is 46.3 Å². The van der Waals surface area contributed by atoms with Crippen molar-refractivity contribution in [2.75, 3.05) is 42.7 Å². The molecule has 16 heteroatoms. The van der Waals surface area contributed by atoms with Gasteiger partial charge < -0.3 is 24.6 Å². The van der Waals surface area contributed by atoms with Crippen LogP contribution >= 0.6 is 11.3 Å². The van der Waals surface area contributed by atoms with E-state index in [1.807, 2.05) is 19.0 Å². The smallest absolute Gasteiger partial charge is 0.412 e. The predicted molar refractivity (Wildman–Crippen MR) is 193 cm³/mol. The minimum atomic E-state index is -0.787. The van der Waals surface area contributed by atoms with Crippen molar-refractivity contribution in [2.45, 2.75) is 77.4 Å². The standard InChI is InChI=1S/C36H38F2N10O3S/c1-36(2,3)51-35(49)44-33-19(12-39)25-23(52-33)9-8-22(37)28(25)26-20-15-50-16-21(20)27-30(29(26)38)42-34(48-11-10-18(14-48)47(4)5)43-32(27)40-13-24-41-31(46-45-24)17-6-7-17/h8-9,17-18H,6-7,10-11,13-16H2,1-5H3,(H,44,49)(H,40,42,43)(H,41,45,46)/t18-/m0/s1. The zero-order valence-electron chi connectivity index (χ0n) is 29.5. The van der Waals surface area contributed by atoms with Crippen molar-refractivity contribution in [3.8, 4) is 17.2 Å². The van der Waals surface area contributed by atoms with Gasteiger partial charge in [-0.3, -0.25) is 10.4 Å². The summed E-state index contributed by atoms with van der Waals surface area (Å²) in [6.07, 6.45) is 2.26. The molecule has 270 valence electrons. The number of thiophene rings is 1. The number of hydrogen-bond acceptors (Lipinski definition) is 12. The second-order valence-corrected chi connectivity index (χ2v) is 15.7. The number of carbonyl (C=O) groups excluding carboxylic acids is 1. The largest absolute Gasteiger partial charge is 0.444 e. The summed E-state index contributed by atoms with van der Waals surface area (Å²) in [5.41, 5.74) is 0.162. The molecule has 0 radical (unpaired) electrons. The van der Waals surface area contributed by atoms with Crippen LogP contribution in [0.25, 0.3) is 32.1 Å². The van der Waals surface area contributed by atoms with Crippen molar-refractivity contribution in [3.63, 3.8) is 0 Å². The van der Waals surface area contributed by atoms with E-state index in [4.69, 9.17) is 19.4 Å². The summed E-state index contributed by atoms with van der Waals surface area (Å²) in [6.45, 7) is 6.87. The highest BCUT2D eigenvalue weighted by atomic mass is 32.1. The van der Waals surface area contributed by atoms with E-state index in [1.165, 1.54) is 12.1 Å². The van der Waals surface area contributed by atoms with Gasteiger partial charge in [0.2, 0.25) is 5.95 Å². The predicted octanol–water partition coefficient (Wildman–Crippen LogP) is 6.79. The van der Waals surface area contributed by atoms with Gasteiger partial charge in [0.1, 0.15) is 39.6 Å². The first-order valence-electron chi connectivity index (χ1n) is 17.2. The van der Waals surface area contributed by atoms with Crippen LogP contribution in [0.4, 0.5) is 30.3 Å². The molecule has 2 fully saturated rings. The van der Waals surface area contributed by atoms with Crippen molar-refractivity contribution < 1.29 is 23.0 Å². The highest BCUT2D eigenvalue weighted by Gasteiger charge is 2.34. The molecular weight excluding hydrogens is 691 g/mol. The van der Waals surface area contributed by atoms with Crippen LogP contribution in [0.2, 0.25) is 0 Å². The second-order valence-electron chi connectivity index (χ2n) is 14.7. The lowest BCUT2D eigenvalue weighted by molar-refractivity contribution is 0.0636. The fourth-order valence-corrected chi connectivity index (χ4v) is 8.02. The summed E-state index contributed by atoms with van der Waals surface area (Å²) in [6, 6.07) is 5.15. The minimum absolute atomic E-state index is 0.00247. The van der Waals surface area contributed by atoms with E-state index in [0.29, 0.717) is 57.8 Å². The first-order valence-corrected chi connectivity index (χ1v) is 18.1. The van der Waals surface area contributed by atoms with Gasteiger partial charge in [-0.15, -0.1) is 11.3 Å². The lowest BCUT2D eigenvalue weighted by Crippen LogP contribution is -2.32. The third-order valence-electron chi connectivity index (χ3n) is 9.66. The molecule has 2 aromatic carbocycles. The van der Waals surface area contributed by atoms with Gasteiger partial charge in [-0.1, -0.05) is 0 Å². The number of benzene rings is 2. The maximum Gasteiger partial charge on any atom is 0.412 e. The third-order valence-corrected chi connectivity index (χ3v) is 10.7. The van der Waals surface area contributed by atoms with Crippen molar-refractivity contribution in [2.24, 2.45) is 0 Å². The Hall–Kier alpha value is -4.98. The highest BCUT2D eigenvalue weighted by molar-refractivity contribution is 7.23. The SMILES string of the molecule is CN(C)[C@H]1CCN(c2nc(NCc3nc(C4CC4)n[nH]3)c3c4c(c(-c5c(F)ccc6sc(NC(=O)OC(C)(C)C)c(C#N)c56)c(F)c3n2)COC4)C1. The number of hydrogen-bond donors (Lipinski definition) is 3. The molecular formula is C36H38F2N10O3S. The van der Waals surface area contributed by atoms with Gasteiger partial charge >= 0.3 is 6.09 Å². The lowest BCUT2D eigenvalue weighted by Gasteiger charge is -2.22. The molecule has 1 aliphatic carbocycles. The van der Waals surface area contributed by atoms with Crippen LogP contribution in [0.3, 0.4) is 0 Å². The molecule has 8 rings (SSSR count). The third kappa shape index (κ3) is 6.16. The molecule has 5 aromatic rings. The van der Waals surface area contributed by atoms with E-state index < -0.39 is 23.3 Å². The number of fused-ring (bicyclic) bond motifs is 4. The monoisotopic (exact) mass is 728 g/mol. The molecule has 3 N–H and O–H groups in total. The van der Waals surface area contributed by atoms with Crippen molar-refractivity contribution in [1.82, 2.24) is 30.0 Å². The summed E-state index contributed by atoms with van der Waals surface area (Å²) < 4.78 is 45.6. The van der Waals surface area contributed by atoms with Crippen LogP contribution in [0.15, 0.2) is 12.1 Å². The molecule has 1 amide bonds. The normalized spacial score (nSPS) is 17.3.